The van der Waals surface area contributed by atoms with E-state index in [0.717, 1.165) is 17.0 Å². The maximum atomic E-state index is 9.66. The van der Waals surface area contributed by atoms with Crippen LogP contribution >= 0.6 is 0 Å². The highest BCUT2D eigenvalue weighted by Gasteiger charge is 2.11. The lowest BCUT2D eigenvalue weighted by Gasteiger charge is -2.19. The smallest absolute Gasteiger partial charge is 0.160 e. The van der Waals surface area contributed by atoms with Crippen molar-refractivity contribution in [3.63, 3.8) is 0 Å². The number of rotatable bonds is 6. The third-order valence-corrected chi connectivity index (χ3v) is 3.26. The maximum absolute atomic E-state index is 9.66. The monoisotopic (exact) mass is 287 g/mol. The predicted molar refractivity (Wildman–Crippen MR) is 84.3 cm³/mol. The van der Waals surface area contributed by atoms with Crippen LogP contribution < -0.4 is 14.8 Å². The summed E-state index contributed by atoms with van der Waals surface area (Å²) in [5, 5.41) is 13.1. The highest BCUT2D eigenvalue weighted by molar-refractivity contribution is 5.57. The number of ether oxygens (including phenoxy) is 2. The molecule has 0 saturated carbocycles. The van der Waals surface area contributed by atoms with Gasteiger partial charge in [-0.15, -0.1) is 0 Å². The van der Waals surface area contributed by atoms with Crippen LogP contribution in [0.15, 0.2) is 42.5 Å². The molecule has 0 saturated heterocycles. The van der Waals surface area contributed by atoms with Gasteiger partial charge in [-0.1, -0.05) is 18.2 Å². The summed E-state index contributed by atoms with van der Waals surface area (Å²) < 4.78 is 10.8. The van der Waals surface area contributed by atoms with Crippen molar-refractivity contribution in [3.05, 3.63) is 48.0 Å². The van der Waals surface area contributed by atoms with Gasteiger partial charge in [-0.05, 0) is 43.7 Å². The van der Waals surface area contributed by atoms with Gasteiger partial charge in [0.25, 0.3) is 0 Å². The number of anilines is 1. The molecule has 0 amide bonds. The molecule has 1 unspecified atom stereocenters. The second kappa shape index (κ2) is 6.88. The molecule has 0 aliphatic rings. The minimum atomic E-state index is 0.0566. The van der Waals surface area contributed by atoms with Crippen molar-refractivity contribution in [3.8, 4) is 17.2 Å². The fourth-order valence-corrected chi connectivity index (χ4v) is 2.15. The summed E-state index contributed by atoms with van der Waals surface area (Å²) >= 11 is 0. The Bertz CT molecular complexity index is 598. The van der Waals surface area contributed by atoms with Crippen molar-refractivity contribution in [2.75, 3.05) is 19.0 Å². The molecule has 2 rings (SSSR count). The SMILES string of the molecule is CCOc1ccccc1NC(C)c1ccc(O)c(OC)c1. The number of methoxy groups -OCH3 is 1. The molecule has 0 aliphatic carbocycles. The van der Waals surface area contributed by atoms with Gasteiger partial charge in [0, 0.05) is 6.04 Å². The highest BCUT2D eigenvalue weighted by Crippen LogP contribution is 2.32. The molecule has 4 heteroatoms. The molecular weight excluding hydrogens is 266 g/mol. The first-order valence-electron chi connectivity index (χ1n) is 7.01. The molecule has 0 aliphatic heterocycles. The van der Waals surface area contributed by atoms with Gasteiger partial charge in [-0.25, -0.2) is 0 Å². The number of phenolic OH excluding ortho intramolecular Hbond substituents is 1. The molecule has 2 N–H and O–H groups in total. The van der Waals surface area contributed by atoms with Gasteiger partial charge in [0.05, 0.1) is 19.4 Å². The van der Waals surface area contributed by atoms with Crippen LogP contribution in [0.25, 0.3) is 0 Å². The van der Waals surface area contributed by atoms with Crippen LogP contribution in [0.2, 0.25) is 0 Å². The molecular formula is C17H21NO3. The Hall–Kier alpha value is -2.36. The van der Waals surface area contributed by atoms with E-state index >= 15 is 0 Å². The van der Waals surface area contributed by atoms with Crippen molar-refractivity contribution in [2.24, 2.45) is 0 Å². The molecule has 0 spiro atoms. The van der Waals surface area contributed by atoms with E-state index in [1.165, 1.54) is 0 Å². The van der Waals surface area contributed by atoms with Crippen molar-refractivity contribution < 1.29 is 14.6 Å². The lowest BCUT2D eigenvalue weighted by atomic mass is 10.1. The lowest BCUT2D eigenvalue weighted by Crippen LogP contribution is -2.08. The van der Waals surface area contributed by atoms with Crippen LogP contribution in [0.5, 0.6) is 17.2 Å². The van der Waals surface area contributed by atoms with Gasteiger partial charge in [0.2, 0.25) is 0 Å². The summed E-state index contributed by atoms with van der Waals surface area (Å²) in [6.07, 6.45) is 0. The van der Waals surface area contributed by atoms with E-state index in [2.05, 4.69) is 12.2 Å². The summed E-state index contributed by atoms with van der Waals surface area (Å²) in [4.78, 5) is 0. The van der Waals surface area contributed by atoms with Crippen molar-refractivity contribution in [2.45, 2.75) is 19.9 Å². The first-order chi connectivity index (χ1) is 10.2. The van der Waals surface area contributed by atoms with E-state index in [0.29, 0.717) is 12.4 Å². The fraction of sp³-hybridized carbons (Fsp3) is 0.294. The van der Waals surface area contributed by atoms with E-state index in [9.17, 15) is 5.11 Å². The minimum absolute atomic E-state index is 0.0566. The Kier molecular flexibility index (Phi) is 4.93. The van der Waals surface area contributed by atoms with E-state index in [1.807, 2.05) is 43.3 Å². The van der Waals surface area contributed by atoms with Gasteiger partial charge in [0.15, 0.2) is 11.5 Å². The van der Waals surface area contributed by atoms with E-state index in [-0.39, 0.29) is 11.8 Å². The van der Waals surface area contributed by atoms with Gasteiger partial charge < -0.3 is 19.9 Å². The van der Waals surface area contributed by atoms with Crippen LogP contribution in [0.4, 0.5) is 5.69 Å². The third kappa shape index (κ3) is 3.60. The Morgan fingerprint density at radius 1 is 1.14 bits per heavy atom. The topological polar surface area (TPSA) is 50.7 Å². The summed E-state index contributed by atoms with van der Waals surface area (Å²) in [5.74, 6) is 1.44. The maximum Gasteiger partial charge on any atom is 0.160 e. The van der Waals surface area contributed by atoms with Crippen LogP contribution in [0, 0.1) is 0 Å². The Morgan fingerprint density at radius 2 is 1.90 bits per heavy atom. The van der Waals surface area contributed by atoms with Crippen molar-refractivity contribution >= 4 is 5.69 Å². The highest BCUT2D eigenvalue weighted by atomic mass is 16.5. The summed E-state index contributed by atoms with van der Waals surface area (Å²) in [6.45, 7) is 4.64. The molecule has 0 radical (unpaired) electrons. The molecule has 2 aromatic carbocycles. The number of benzene rings is 2. The zero-order valence-electron chi connectivity index (χ0n) is 12.6. The largest absolute Gasteiger partial charge is 0.504 e. The predicted octanol–water partition coefficient (Wildman–Crippen LogP) is 3.97. The quantitative estimate of drug-likeness (QED) is 0.844. The molecule has 0 fully saturated rings. The summed E-state index contributed by atoms with van der Waals surface area (Å²) in [5.41, 5.74) is 1.97. The molecule has 0 bridgehead atoms. The van der Waals surface area contributed by atoms with Crippen LogP contribution in [-0.2, 0) is 0 Å². The zero-order chi connectivity index (χ0) is 15.2. The normalized spacial score (nSPS) is 11.8. The average Bonchev–Trinajstić information content (AvgIpc) is 2.50. The van der Waals surface area contributed by atoms with Gasteiger partial charge in [-0.3, -0.25) is 0 Å². The molecule has 21 heavy (non-hydrogen) atoms. The molecule has 112 valence electrons. The Labute approximate surface area is 125 Å². The second-order valence-corrected chi connectivity index (χ2v) is 4.73. The number of aromatic hydroxyl groups is 1. The standard InChI is InChI=1S/C17H21NO3/c1-4-21-16-8-6-5-7-14(16)18-12(2)13-9-10-15(19)17(11-13)20-3/h5-12,18-19H,4H2,1-3H3. The summed E-state index contributed by atoms with van der Waals surface area (Å²) in [7, 11) is 1.54. The molecule has 0 heterocycles. The first kappa shape index (κ1) is 15.0. The number of nitrogens with one attached hydrogen (secondary N) is 1. The van der Waals surface area contributed by atoms with Gasteiger partial charge in [0.1, 0.15) is 5.75 Å². The number of hydrogen-bond acceptors (Lipinski definition) is 4. The van der Waals surface area contributed by atoms with Crippen LogP contribution in [0.1, 0.15) is 25.5 Å². The molecule has 0 aromatic heterocycles. The molecule has 4 nitrogen and oxygen atoms in total. The lowest BCUT2D eigenvalue weighted by molar-refractivity contribution is 0.341. The Balaban J connectivity index is 2.20. The van der Waals surface area contributed by atoms with Gasteiger partial charge in [-0.2, -0.15) is 0 Å². The zero-order valence-corrected chi connectivity index (χ0v) is 12.6. The third-order valence-electron chi connectivity index (χ3n) is 3.26. The first-order valence-corrected chi connectivity index (χ1v) is 7.01. The van der Waals surface area contributed by atoms with E-state index in [1.54, 1.807) is 13.2 Å². The summed E-state index contributed by atoms with van der Waals surface area (Å²) in [6, 6.07) is 13.2. The average molecular weight is 287 g/mol. The minimum Gasteiger partial charge on any atom is -0.504 e. The van der Waals surface area contributed by atoms with Crippen LogP contribution in [0.3, 0.4) is 0 Å². The molecule has 2 aromatic rings. The van der Waals surface area contributed by atoms with Crippen molar-refractivity contribution in [1.29, 1.82) is 0 Å². The Morgan fingerprint density at radius 3 is 2.62 bits per heavy atom. The number of phenols is 1. The van der Waals surface area contributed by atoms with E-state index in [4.69, 9.17) is 9.47 Å². The number of para-hydroxylation sites is 2. The second-order valence-electron chi connectivity index (χ2n) is 4.73. The van der Waals surface area contributed by atoms with Crippen molar-refractivity contribution in [1.82, 2.24) is 0 Å². The molecule has 1 atom stereocenters. The van der Waals surface area contributed by atoms with Gasteiger partial charge >= 0.3 is 0 Å². The van der Waals surface area contributed by atoms with E-state index < -0.39 is 0 Å². The van der Waals surface area contributed by atoms with Crippen LogP contribution in [-0.4, -0.2) is 18.8 Å². The number of hydrogen-bond donors (Lipinski definition) is 2. The fourth-order valence-electron chi connectivity index (χ4n) is 2.15.